The van der Waals surface area contributed by atoms with Crippen molar-refractivity contribution in [2.24, 2.45) is 0 Å². The highest BCUT2D eigenvalue weighted by molar-refractivity contribution is 9.10. The Morgan fingerprint density at radius 2 is 2.05 bits per heavy atom. The van der Waals surface area contributed by atoms with Crippen LogP contribution in [0.25, 0.3) is 11.1 Å². The molecule has 2 N–H and O–H groups in total. The van der Waals surface area contributed by atoms with Crippen LogP contribution in [0.4, 0.5) is 10.1 Å². The van der Waals surface area contributed by atoms with Crippen LogP contribution in [0.15, 0.2) is 50.1 Å². The summed E-state index contributed by atoms with van der Waals surface area (Å²) in [4.78, 5) is 25.7. The lowest BCUT2D eigenvalue weighted by molar-refractivity contribution is 0.102. The molecule has 3 rings (SSSR count). The Hall–Kier alpha value is -2.41. The first-order valence-corrected chi connectivity index (χ1v) is 6.71. The summed E-state index contributed by atoms with van der Waals surface area (Å²) in [6.45, 7) is 0. The van der Waals surface area contributed by atoms with Gasteiger partial charge in [0.25, 0.3) is 5.91 Å². The van der Waals surface area contributed by atoms with Gasteiger partial charge in [-0.25, -0.2) is 9.18 Å². The number of rotatable bonds is 2. The van der Waals surface area contributed by atoms with Crippen LogP contribution in [0.3, 0.4) is 0 Å². The number of carbonyl (C=O) groups is 1. The standard InChI is InChI=1S/C14H8BrFN2O3/c15-10-5-7(16)1-3-9(10)13(19)17-8-2-4-12-11(6-8)18-14(20)21-12/h1-6H,(H,17,19)(H,18,20). The summed E-state index contributed by atoms with van der Waals surface area (Å²) < 4.78 is 18.2. The molecule has 1 amide bonds. The summed E-state index contributed by atoms with van der Waals surface area (Å²) in [6, 6.07) is 8.56. The molecule has 3 aromatic rings. The number of H-pyrrole nitrogens is 1. The molecule has 0 saturated heterocycles. The number of nitrogens with one attached hydrogen (secondary N) is 2. The Bertz CT molecular complexity index is 901. The van der Waals surface area contributed by atoms with Gasteiger partial charge in [0, 0.05) is 10.2 Å². The van der Waals surface area contributed by atoms with E-state index in [1.165, 1.54) is 18.2 Å². The minimum atomic E-state index is -0.560. The maximum absolute atomic E-state index is 13.0. The molecule has 7 heteroatoms. The van der Waals surface area contributed by atoms with E-state index in [0.29, 0.717) is 26.8 Å². The zero-order valence-corrected chi connectivity index (χ0v) is 12.0. The van der Waals surface area contributed by atoms with E-state index in [4.69, 9.17) is 4.42 Å². The summed E-state index contributed by atoms with van der Waals surface area (Å²) in [7, 11) is 0. The molecule has 0 spiro atoms. The van der Waals surface area contributed by atoms with Crippen LogP contribution in [-0.2, 0) is 0 Å². The van der Waals surface area contributed by atoms with Gasteiger partial charge in [0.2, 0.25) is 0 Å². The van der Waals surface area contributed by atoms with Crippen molar-refractivity contribution < 1.29 is 13.6 Å². The molecule has 106 valence electrons. The molecule has 0 saturated carbocycles. The second-order valence-corrected chi connectivity index (χ2v) is 5.16. The van der Waals surface area contributed by atoms with Gasteiger partial charge in [0.15, 0.2) is 5.58 Å². The second-order valence-electron chi connectivity index (χ2n) is 4.30. The summed E-state index contributed by atoms with van der Waals surface area (Å²) in [5, 5.41) is 2.66. The Labute approximate surface area is 125 Å². The van der Waals surface area contributed by atoms with Crippen LogP contribution in [-0.4, -0.2) is 10.9 Å². The van der Waals surface area contributed by atoms with Gasteiger partial charge in [-0.15, -0.1) is 0 Å². The molecule has 0 aliphatic carbocycles. The van der Waals surface area contributed by atoms with Gasteiger partial charge >= 0.3 is 5.76 Å². The molecular weight excluding hydrogens is 343 g/mol. The number of aromatic nitrogens is 1. The van der Waals surface area contributed by atoms with Gasteiger partial charge in [-0.1, -0.05) is 0 Å². The van der Waals surface area contributed by atoms with Crippen molar-refractivity contribution in [3.63, 3.8) is 0 Å². The van der Waals surface area contributed by atoms with Gasteiger partial charge in [0.1, 0.15) is 5.82 Å². The minimum absolute atomic E-state index is 0.303. The number of aromatic amines is 1. The van der Waals surface area contributed by atoms with E-state index in [9.17, 15) is 14.0 Å². The molecule has 0 radical (unpaired) electrons. The lowest BCUT2D eigenvalue weighted by Crippen LogP contribution is -2.12. The first kappa shape index (κ1) is 13.6. The fraction of sp³-hybridized carbons (Fsp3) is 0. The molecule has 0 unspecified atom stereocenters. The molecule has 1 heterocycles. The molecule has 2 aromatic carbocycles. The highest BCUT2D eigenvalue weighted by Crippen LogP contribution is 2.21. The number of fused-ring (bicyclic) bond motifs is 1. The molecular formula is C14H8BrFN2O3. The Morgan fingerprint density at radius 1 is 1.24 bits per heavy atom. The maximum Gasteiger partial charge on any atom is 0.417 e. The van der Waals surface area contributed by atoms with E-state index in [1.54, 1.807) is 18.2 Å². The number of halogens is 2. The van der Waals surface area contributed by atoms with Crippen molar-refractivity contribution in [1.82, 2.24) is 4.98 Å². The average molecular weight is 351 g/mol. The van der Waals surface area contributed by atoms with Crippen molar-refractivity contribution in [1.29, 1.82) is 0 Å². The topological polar surface area (TPSA) is 75.1 Å². The van der Waals surface area contributed by atoms with E-state index in [2.05, 4.69) is 26.2 Å². The Morgan fingerprint density at radius 3 is 2.81 bits per heavy atom. The predicted octanol–water partition coefficient (Wildman–Crippen LogP) is 3.28. The fourth-order valence-corrected chi connectivity index (χ4v) is 2.43. The van der Waals surface area contributed by atoms with Crippen molar-refractivity contribution in [3.8, 4) is 0 Å². The third kappa shape index (κ3) is 2.73. The smallest absolute Gasteiger partial charge is 0.408 e. The Balaban J connectivity index is 1.90. The molecule has 0 aliphatic heterocycles. The van der Waals surface area contributed by atoms with E-state index in [-0.39, 0.29) is 0 Å². The van der Waals surface area contributed by atoms with Gasteiger partial charge in [0.05, 0.1) is 11.1 Å². The zero-order chi connectivity index (χ0) is 15.0. The van der Waals surface area contributed by atoms with Gasteiger partial charge in [-0.2, -0.15) is 0 Å². The van der Waals surface area contributed by atoms with E-state index in [1.807, 2.05) is 0 Å². The van der Waals surface area contributed by atoms with Crippen LogP contribution in [0.2, 0.25) is 0 Å². The van der Waals surface area contributed by atoms with Gasteiger partial charge in [-0.3, -0.25) is 9.78 Å². The number of amides is 1. The largest absolute Gasteiger partial charge is 0.417 e. The van der Waals surface area contributed by atoms with Crippen molar-refractivity contribution in [2.45, 2.75) is 0 Å². The van der Waals surface area contributed by atoms with Crippen LogP contribution < -0.4 is 11.1 Å². The summed E-state index contributed by atoms with van der Waals surface area (Å²) in [6.07, 6.45) is 0. The number of hydrogen-bond donors (Lipinski definition) is 2. The SMILES string of the molecule is O=C(Nc1ccc2oc(=O)[nH]c2c1)c1ccc(F)cc1Br. The van der Waals surface area contributed by atoms with Crippen LogP contribution in [0.5, 0.6) is 0 Å². The Kier molecular flexibility index (Phi) is 3.34. The zero-order valence-electron chi connectivity index (χ0n) is 10.4. The third-order valence-corrected chi connectivity index (χ3v) is 3.51. The molecule has 0 bridgehead atoms. The molecule has 1 aromatic heterocycles. The normalized spacial score (nSPS) is 10.8. The fourth-order valence-electron chi connectivity index (χ4n) is 1.90. The first-order valence-electron chi connectivity index (χ1n) is 5.92. The number of benzene rings is 2. The molecule has 5 nitrogen and oxygen atoms in total. The van der Waals surface area contributed by atoms with Crippen molar-refractivity contribution in [3.05, 3.63) is 62.8 Å². The number of carbonyl (C=O) groups excluding carboxylic acids is 1. The molecule has 0 fully saturated rings. The second kappa shape index (κ2) is 5.17. The van der Waals surface area contributed by atoms with Crippen LogP contribution in [0.1, 0.15) is 10.4 Å². The van der Waals surface area contributed by atoms with E-state index >= 15 is 0 Å². The lowest BCUT2D eigenvalue weighted by atomic mass is 10.2. The number of hydrogen-bond acceptors (Lipinski definition) is 3. The highest BCUT2D eigenvalue weighted by atomic mass is 79.9. The third-order valence-electron chi connectivity index (χ3n) is 2.85. The van der Waals surface area contributed by atoms with E-state index < -0.39 is 17.5 Å². The van der Waals surface area contributed by atoms with Crippen LogP contribution in [0, 0.1) is 5.82 Å². The predicted molar refractivity (Wildman–Crippen MR) is 78.9 cm³/mol. The summed E-state index contributed by atoms with van der Waals surface area (Å²) in [5.41, 5.74) is 1.68. The minimum Gasteiger partial charge on any atom is -0.408 e. The highest BCUT2D eigenvalue weighted by Gasteiger charge is 2.12. The number of anilines is 1. The molecule has 0 atom stereocenters. The molecule has 21 heavy (non-hydrogen) atoms. The maximum atomic E-state index is 13.0. The van der Waals surface area contributed by atoms with Gasteiger partial charge < -0.3 is 9.73 Å². The summed E-state index contributed by atoms with van der Waals surface area (Å²) >= 11 is 3.14. The van der Waals surface area contributed by atoms with Crippen molar-refractivity contribution in [2.75, 3.05) is 5.32 Å². The summed E-state index contributed by atoms with van der Waals surface area (Å²) in [5.74, 6) is -1.39. The van der Waals surface area contributed by atoms with Crippen molar-refractivity contribution >= 4 is 38.6 Å². The lowest BCUT2D eigenvalue weighted by Gasteiger charge is -2.06. The molecule has 0 aliphatic rings. The number of oxazole rings is 1. The van der Waals surface area contributed by atoms with E-state index in [0.717, 1.165) is 0 Å². The average Bonchev–Trinajstić information content (AvgIpc) is 2.77. The van der Waals surface area contributed by atoms with Crippen LogP contribution >= 0.6 is 15.9 Å². The van der Waals surface area contributed by atoms with Gasteiger partial charge in [-0.05, 0) is 52.3 Å². The monoisotopic (exact) mass is 350 g/mol. The quantitative estimate of drug-likeness (QED) is 0.744. The first-order chi connectivity index (χ1) is 10.0.